The number of rotatable bonds is 6. The fraction of sp³-hybridized carbons (Fsp3) is 0.167. The van der Waals surface area contributed by atoms with Gasteiger partial charge in [0.25, 0.3) is 11.5 Å². The number of thiophene rings is 1. The van der Waals surface area contributed by atoms with Crippen molar-refractivity contribution in [3.8, 4) is 5.69 Å². The van der Waals surface area contributed by atoms with Crippen LogP contribution in [0.2, 0.25) is 10.0 Å². The van der Waals surface area contributed by atoms with E-state index in [4.69, 9.17) is 28.2 Å². The number of aryl methyl sites for hydroxylation is 2. The van der Waals surface area contributed by atoms with E-state index < -0.39 is 11.7 Å². The van der Waals surface area contributed by atoms with Gasteiger partial charge in [-0.2, -0.15) is 5.10 Å². The Bertz CT molecular complexity index is 1510. The Kier molecular flexibility index (Phi) is 6.93. The molecule has 1 N–H and O–H groups in total. The Hall–Kier alpha value is -2.72. The van der Waals surface area contributed by atoms with Crippen molar-refractivity contribution >= 4 is 68.6 Å². The number of carbonyl (C=O) groups is 1. The molecule has 35 heavy (non-hydrogen) atoms. The van der Waals surface area contributed by atoms with Crippen LogP contribution in [-0.2, 0) is 17.6 Å². The summed E-state index contributed by atoms with van der Waals surface area (Å²) in [5, 5.41) is 5.58. The van der Waals surface area contributed by atoms with Crippen LogP contribution in [0, 0.1) is 5.82 Å². The number of hydrazone groups is 1. The number of halogens is 3. The van der Waals surface area contributed by atoms with Gasteiger partial charge in [0.15, 0.2) is 5.16 Å². The molecule has 2 aromatic heterocycles. The van der Waals surface area contributed by atoms with Crippen LogP contribution in [0.25, 0.3) is 15.9 Å². The largest absolute Gasteiger partial charge is 0.272 e. The Balaban J connectivity index is 1.42. The second-order valence-corrected chi connectivity index (χ2v) is 10.6. The summed E-state index contributed by atoms with van der Waals surface area (Å²) < 4.78 is 15.4. The summed E-state index contributed by atoms with van der Waals surface area (Å²) in [7, 11) is 0. The van der Waals surface area contributed by atoms with Gasteiger partial charge in [0, 0.05) is 15.5 Å². The average molecular weight is 547 g/mol. The fourth-order valence-corrected chi connectivity index (χ4v) is 6.35. The molecule has 11 heteroatoms. The molecular weight excluding hydrogens is 530 g/mol. The van der Waals surface area contributed by atoms with Gasteiger partial charge in [0.1, 0.15) is 10.6 Å². The van der Waals surface area contributed by atoms with E-state index in [9.17, 15) is 14.0 Å². The molecule has 2 aromatic carbocycles. The standard InChI is InChI=1S/C24H17Cl2FN4O2S2/c25-13-7-9-14(10-8-13)31-23(33)21-15-3-1-6-19(15)35-22(21)29-24(31)34-12-20(32)30-28-11-16-17(26)4-2-5-18(16)27/h2,4-5,7-11H,1,3,6,12H2,(H,30,32). The van der Waals surface area contributed by atoms with Gasteiger partial charge in [-0.25, -0.2) is 14.8 Å². The molecule has 0 spiro atoms. The molecule has 1 amide bonds. The molecule has 6 nitrogen and oxygen atoms in total. The molecule has 0 aliphatic heterocycles. The van der Waals surface area contributed by atoms with E-state index in [1.165, 1.54) is 39.0 Å². The molecule has 0 bridgehead atoms. The smallest absolute Gasteiger partial charge is 0.267 e. The molecule has 0 fully saturated rings. The molecule has 5 rings (SSSR count). The van der Waals surface area contributed by atoms with E-state index in [0.29, 0.717) is 26.1 Å². The van der Waals surface area contributed by atoms with Gasteiger partial charge in [-0.3, -0.25) is 14.2 Å². The van der Waals surface area contributed by atoms with Crippen molar-refractivity contribution in [3.63, 3.8) is 0 Å². The van der Waals surface area contributed by atoms with E-state index in [2.05, 4.69) is 10.5 Å². The highest BCUT2D eigenvalue weighted by Gasteiger charge is 2.24. The third-order valence-electron chi connectivity index (χ3n) is 5.51. The van der Waals surface area contributed by atoms with Gasteiger partial charge < -0.3 is 0 Å². The second kappa shape index (κ2) is 10.1. The number of hydrogen-bond acceptors (Lipinski definition) is 6. The highest BCUT2D eigenvalue weighted by Crippen LogP contribution is 2.36. The molecular formula is C24H17Cl2FN4O2S2. The quantitative estimate of drug-likeness (QED) is 0.147. The predicted molar refractivity (Wildman–Crippen MR) is 140 cm³/mol. The lowest BCUT2D eigenvalue weighted by Crippen LogP contribution is -2.24. The van der Waals surface area contributed by atoms with Crippen molar-refractivity contribution in [1.82, 2.24) is 15.0 Å². The molecule has 1 aliphatic rings. The van der Waals surface area contributed by atoms with E-state index in [-0.39, 0.29) is 21.9 Å². The Morgan fingerprint density at radius 2 is 2.03 bits per heavy atom. The van der Waals surface area contributed by atoms with Crippen LogP contribution >= 0.6 is 46.3 Å². The Labute approximate surface area is 217 Å². The minimum atomic E-state index is -0.544. The van der Waals surface area contributed by atoms with Gasteiger partial charge in [-0.1, -0.05) is 41.0 Å². The summed E-state index contributed by atoms with van der Waals surface area (Å²) in [6, 6.07) is 11.2. The lowest BCUT2D eigenvalue weighted by atomic mass is 10.2. The Morgan fingerprint density at radius 1 is 1.23 bits per heavy atom. The normalized spacial score (nSPS) is 13.0. The SMILES string of the molecule is O=C(CSc1nc2sc3c(c2c(=O)n1-c1ccc(Cl)cc1)CCC3)NN=Cc1c(F)cccc1Cl. The topological polar surface area (TPSA) is 76.3 Å². The van der Waals surface area contributed by atoms with Crippen molar-refractivity contribution in [2.75, 3.05) is 5.75 Å². The molecule has 0 unspecified atom stereocenters. The van der Waals surface area contributed by atoms with Crippen LogP contribution in [-0.4, -0.2) is 27.4 Å². The number of carbonyl (C=O) groups excluding carboxylic acids is 1. The van der Waals surface area contributed by atoms with Gasteiger partial charge in [0.05, 0.1) is 28.1 Å². The van der Waals surface area contributed by atoms with Crippen molar-refractivity contribution in [2.45, 2.75) is 24.4 Å². The summed E-state index contributed by atoms with van der Waals surface area (Å²) in [5.74, 6) is -1.04. The lowest BCUT2D eigenvalue weighted by molar-refractivity contribution is -0.118. The van der Waals surface area contributed by atoms with Gasteiger partial charge in [-0.15, -0.1) is 11.3 Å². The number of nitrogens with zero attached hydrogens (tertiary/aromatic N) is 3. The van der Waals surface area contributed by atoms with E-state index in [1.54, 1.807) is 24.3 Å². The van der Waals surface area contributed by atoms with Crippen LogP contribution in [0.3, 0.4) is 0 Å². The first-order valence-electron chi connectivity index (χ1n) is 10.6. The number of amides is 1. The van der Waals surface area contributed by atoms with Crippen LogP contribution < -0.4 is 11.0 Å². The number of hydrogen-bond donors (Lipinski definition) is 1. The molecule has 178 valence electrons. The highest BCUT2D eigenvalue weighted by atomic mass is 35.5. The van der Waals surface area contributed by atoms with Crippen molar-refractivity contribution < 1.29 is 9.18 Å². The van der Waals surface area contributed by atoms with Crippen LogP contribution in [0.4, 0.5) is 4.39 Å². The summed E-state index contributed by atoms with van der Waals surface area (Å²) in [4.78, 5) is 32.7. The average Bonchev–Trinajstić information content (AvgIpc) is 3.41. The minimum absolute atomic E-state index is 0.0566. The van der Waals surface area contributed by atoms with Crippen molar-refractivity contribution in [3.05, 3.63) is 84.7 Å². The predicted octanol–water partition coefficient (Wildman–Crippen LogP) is 5.62. The molecule has 0 saturated carbocycles. The maximum atomic E-state index is 13.9. The second-order valence-electron chi connectivity index (χ2n) is 7.77. The van der Waals surface area contributed by atoms with Gasteiger partial charge in [0.2, 0.25) is 0 Å². The number of fused-ring (bicyclic) bond motifs is 3. The molecule has 2 heterocycles. The number of benzene rings is 2. The first kappa shape index (κ1) is 24.0. The van der Waals surface area contributed by atoms with E-state index in [1.807, 2.05) is 0 Å². The zero-order chi connectivity index (χ0) is 24.5. The van der Waals surface area contributed by atoms with Crippen LogP contribution in [0.15, 0.2) is 57.5 Å². The number of aromatic nitrogens is 2. The summed E-state index contributed by atoms with van der Waals surface area (Å²) >= 11 is 14.7. The summed E-state index contributed by atoms with van der Waals surface area (Å²) in [6.07, 6.45) is 4.01. The van der Waals surface area contributed by atoms with Gasteiger partial charge in [-0.05, 0) is 61.2 Å². The van der Waals surface area contributed by atoms with E-state index in [0.717, 1.165) is 42.8 Å². The van der Waals surface area contributed by atoms with Crippen molar-refractivity contribution in [2.24, 2.45) is 5.10 Å². The summed E-state index contributed by atoms with van der Waals surface area (Å²) in [5.41, 5.74) is 3.98. The first-order valence-corrected chi connectivity index (χ1v) is 13.2. The third kappa shape index (κ3) is 4.86. The van der Waals surface area contributed by atoms with Crippen LogP contribution in [0.5, 0.6) is 0 Å². The molecule has 0 saturated heterocycles. The zero-order valence-corrected chi connectivity index (χ0v) is 21.2. The monoisotopic (exact) mass is 546 g/mol. The van der Waals surface area contributed by atoms with Crippen molar-refractivity contribution in [1.29, 1.82) is 0 Å². The highest BCUT2D eigenvalue weighted by molar-refractivity contribution is 7.99. The minimum Gasteiger partial charge on any atom is -0.272 e. The molecule has 4 aromatic rings. The van der Waals surface area contributed by atoms with E-state index >= 15 is 0 Å². The molecule has 0 radical (unpaired) electrons. The zero-order valence-electron chi connectivity index (χ0n) is 18.1. The lowest BCUT2D eigenvalue weighted by Gasteiger charge is -2.12. The van der Waals surface area contributed by atoms with Gasteiger partial charge >= 0.3 is 0 Å². The van der Waals surface area contributed by atoms with Crippen LogP contribution in [0.1, 0.15) is 22.4 Å². The first-order chi connectivity index (χ1) is 16.9. The molecule has 0 atom stereocenters. The maximum Gasteiger partial charge on any atom is 0.267 e. The summed E-state index contributed by atoms with van der Waals surface area (Å²) in [6.45, 7) is 0. The maximum absolute atomic E-state index is 13.9. The Morgan fingerprint density at radius 3 is 2.80 bits per heavy atom. The fourth-order valence-electron chi connectivity index (χ4n) is 3.90. The third-order valence-corrected chi connectivity index (χ3v) is 8.21. The number of nitrogens with one attached hydrogen (secondary N) is 1. The molecule has 1 aliphatic carbocycles. The number of thioether (sulfide) groups is 1.